The molecule has 0 bridgehead atoms. The Morgan fingerprint density at radius 2 is 1.59 bits per heavy atom. The van der Waals surface area contributed by atoms with Crippen LogP contribution in [-0.2, 0) is 0 Å². The molecular formula is C26H24N4O2. The Morgan fingerprint density at radius 3 is 2.34 bits per heavy atom. The van der Waals surface area contributed by atoms with Crippen molar-refractivity contribution >= 4 is 11.9 Å². The van der Waals surface area contributed by atoms with E-state index in [4.69, 9.17) is 4.74 Å². The fraction of sp³-hybridized carbons (Fsp3) is 0.192. The highest BCUT2D eigenvalue weighted by Gasteiger charge is 2.40. The van der Waals surface area contributed by atoms with E-state index in [1.54, 1.807) is 24.1 Å². The number of carbonyl (C=O) groups excluding carboxylic acids is 1. The summed E-state index contributed by atoms with van der Waals surface area (Å²) in [6, 6.07) is 25.7. The number of anilines is 1. The van der Waals surface area contributed by atoms with Crippen molar-refractivity contribution in [3.63, 3.8) is 0 Å². The van der Waals surface area contributed by atoms with Crippen molar-refractivity contribution in [2.24, 2.45) is 0 Å². The summed E-state index contributed by atoms with van der Waals surface area (Å²) in [4.78, 5) is 20.2. The Morgan fingerprint density at radius 1 is 0.906 bits per heavy atom. The van der Waals surface area contributed by atoms with Gasteiger partial charge in [-0.1, -0.05) is 72.3 Å². The number of methoxy groups -OCH3 is 1. The number of benzene rings is 3. The van der Waals surface area contributed by atoms with Crippen LogP contribution in [-0.4, -0.2) is 27.8 Å². The van der Waals surface area contributed by atoms with E-state index in [1.807, 2.05) is 35.0 Å². The molecule has 5 rings (SSSR count). The summed E-state index contributed by atoms with van der Waals surface area (Å²) in [5.41, 5.74) is 3.88. The van der Waals surface area contributed by atoms with Gasteiger partial charge in [-0.2, -0.15) is 10.1 Å². The van der Waals surface area contributed by atoms with E-state index in [9.17, 15) is 4.79 Å². The van der Waals surface area contributed by atoms with E-state index in [0.717, 1.165) is 11.1 Å². The van der Waals surface area contributed by atoms with E-state index >= 15 is 0 Å². The summed E-state index contributed by atoms with van der Waals surface area (Å²) >= 11 is 0. The molecule has 0 saturated carbocycles. The van der Waals surface area contributed by atoms with Crippen LogP contribution in [0.1, 0.15) is 45.6 Å². The van der Waals surface area contributed by atoms with Gasteiger partial charge >= 0.3 is 0 Å². The highest BCUT2D eigenvalue weighted by Crippen LogP contribution is 2.43. The van der Waals surface area contributed by atoms with E-state index in [0.29, 0.717) is 23.7 Å². The summed E-state index contributed by atoms with van der Waals surface area (Å²) in [5, 5.41) is 4.51. The van der Waals surface area contributed by atoms with Gasteiger partial charge in [0.25, 0.3) is 5.91 Å². The zero-order chi connectivity index (χ0) is 22.1. The van der Waals surface area contributed by atoms with Gasteiger partial charge in [-0.25, -0.2) is 4.68 Å². The third-order valence-electron chi connectivity index (χ3n) is 6.03. The van der Waals surface area contributed by atoms with Crippen molar-refractivity contribution in [2.45, 2.75) is 25.4 Å². The van der Waals surface area contributed by atoms with Gasteiger partial charge in [0.05, 0.1) is 24.8 Å². The van der Waals surface area contributed by atoms with Crippen LogP contribution in [0.5, 0.6) is 5.75 Å². The maximum absolute atomic E-state index is 13.9. The summed E-state index contributed by atoms with van der Waals surface area (Å²) < 4.78 is 7.34. The lowest BCUT2D eigenvalue weighted by Crippen LogP contribution is -2.42. The minimum Gasteiger partial charge on any atom is -0.496 e. The van der Waals surface area contributed by atoms with Crippen LogP contribution < -0.4 is 9.64 Å². The molecule has 2 atom stereocenters. The molecule has 1 aliphatic rings. The first-order chi connectivity index (χ1) is 15.7. The zero-order valence-electron chi connectivity index (χ0n) is 18.1. The summed E-state index contributed by atoms with van der Waals surface area (Å²) in [6.07, 6.45) is 2.20. The number of amides is 1. The van der Waals surface area contributed by atoms with Crippen LogP contribution in [0.15, 0.2) is 85.2 Å². The Kier molecular flexibility index (Phi) is 5.19. The van der Waals surface area contributed by atoms with E-state index < -0.39 is 0 Å². The number of carbonyl (C=O) groups is 1. The Hall–Kier alpha value is -3.93. The lowest BCUT2D eigenvalue weighted by Gasteiger charge is -2.39. The van der Waals surface area contributed by atoms with Gasteiger partial charge in [-0.3, -0.25) is 9.69 Å². The molecule has 1 amide bonds. The molecule has 0 radical (unpaired) electrons. The molecule has 0 saturated heterocycles. The second-order valence-electron chi connectivity index (χ2n) is 7.97. The number of ether oxygens (including phenoxy) is 1. The Bertz CT molecular complexity index is 1230. The highest BCUT2D eigenvalue weighted by atomic mass is 16.5. The minimum atomic E-state index is -0.199. The smallest absolute Gasteiger partial charge is 0.264 e. The van der Waals surface area contributed by atoms with Crippen LogP contribution in [0, 0.1) is 6.92 Å². The molecule has 0 fully saturated rings. The third kappa shape index (κ3) is 3.43. The molecule has 32 heavy (non-hydrogen) atoms. The van der Waals surface area contributed by atoms with Gasteiger partial charge in [0.15, 0.2) is 0 Å². The van der Waals surface area contributed by atoms with Gasteiger partial charge in [0.2, 0.25) is 5.95 Å². The van der Waals surface area contributed by atoms with Crippen molar-refractivity contribution in [3.05, 3.63) is 107 Å². The van der Waals surface area contributed by atoms with Crippen LogP contribution in [0.3, 0.4) is 0 Å². The molecule has 3 aromatic carbocycles. The second-order valence-corrected chi connectivity index (χ2v) is 7.97. The normalized spacial score (nSPS) is 17.6. The summed E-state index contributed by atoms with van der Waals surface area (Å²) in [5.74, 6) is 0.914. The standard InChI is InChI=1S/C26H24N4O2/c1-18-12-14-20(15-13-18)22-16-23(19-8-4-3-5-9-19)30-26(27-17-28-30)29(22)25(31)21-10-6-7-11-24(21)32-2/h3-15,17,22-23H,16H2,1-2H3/t22-,23-/m0/s1. The van der Waals surface area contributed by atoms with Gasteiger partial charge in [0, 0.05) is 0 Å². The van der Waals surface area contributed by atoms with Gasteiger partial charge in [-0.15, -0.1) is 0 Å². The van der Waals surface area contributed by atoms with E-state index in [-0.39, 0.29) is 18.0 Å². The Balaban J connectivity index is 1.66. The SMILES string of the molecule is COc1ccccc1C(=O)N1c2ncnn2[C@H](c2ccccc2)C[C@H]1c1ccc(C)cc1. The molecule has 1 aromatic heterocycles. The van der Waals surface area contributed by atoms with Crippen molar-refractivity contribution < 1.29 is 9.53 Å². The first kappa shape index (κ1) is 20.0. The number of aryl methyl sites for hydroxylation is 1. The Labute approximate surface area is 187 Å². The average Bonchev–Trinajstić information content (AvgIpc) is 3.33. The molecule has 0 unspecified atom stereocenters. The van der Waals surface area contributed by atoms with Crippen LogP contribution in [0.2, 0.25) is 0 Å². The van der Waals surface area contributed by atoms with Crippen LogP contribution >= 0.6 is 0 Å². The number of para-hydroxylation sites is 1. The molecule has 2 heterocycles. The monoisotopic (exact) mass is 424 g/mol. The summed E-state index contributed by atoms with van der Waals surface area (Å²) in [6.45, 7) is 2.06. The molecule has 1 aliphatic heterocycles. The molecule has 0 N–H and O–H groups in total. The lowest BCUT2D eigenvalue weighted by molar-refractivity contribution is 0.0960. The largest absolute Gasteiger partial charge is 0.496 e. The van der Waals surface area contributed by atoms with Crippen LogP contribution in [0.25, 0.3) is 0 Å². The third-order valence-corrected chi connectivity index (χ3v) is 6.03. The maximum Gasteiger partial charge on any atom is 0.264 e. The minimum absolute atomic E-state index is 0.0262. The van der Waals surface area contributed by atoms with Crippen LogP contribution in [0.4, 0.5) is 5.95 Å². The number of rotatable bonds is 4. The van der Waals surface area contributed by atoms with Gasteiger partial charge < -0.3 is 4.74 Å². The molecule has 4 aromatic rings. The number of hydrogen-bond donors (Lipinski definition) is 0. The number of hydrogen-bond acceptors (Lipinski definition) is 4. The van der Waals surface area contributed by atoms with Crippen molar-refractivity contribution in [1.82, 2.24) is 14.8 Å². The topological polar surface area (TPSA) is 60.2 Å². The second kappa shape index (κ2) is 8.30. The zero-order valence-corrected chi connectivity index (χ0v) is 18.1. The molecule has 6 heteroatoms. The molecular weight excluding hydrogens is 400 g/mol. The molecule has 0 aliphatic carbocycles. The van der Waals surface area contributed by atoms with Gasteiger partial charge in [-0.05, 0) is 36.6 Å². The molecule has 6 nitrogen and oxygen atoms in total. The van der Waals surface area contributed by atoms with E-state index in [1.165, 1.54) is 11.9 Å². The first-order valence-corrected chi connectivity index (χ1v) is 10.6. The number of aromatic nitrogens is 3. The fourth-order valence-corrected chi connectivity index (χ4v) is 4.40. The number of fused-ring (bicyclic) bond motifs is 1. The van der Waals surface area contributed by atoms with E-state index in [2.05, 4.69) is 53.4 Å². The summed E-state index contributed by atoms with van der Waals surface area (Å²) in [7, 11) is 1.58. The molecule has 160 valence electrons. The van der Waals surface area contributed by atoms with Gasteiger partial charge in [0.1, 0.15) is 12.1 Å². The molecule has 0 spiro atoms. The van der Waals surface area contributed by atoms with Crippen molar-refractivity contribution in [1.29, 1.82) is 0 Å². The predicted octanol–water partition coefficient (Wildman–Crippen LogP) is 4.98. The maximum atomic E-state index is 13.9. The first-order valence-electron chi connectivity index (χ1n) is 10.6. The quantitative estimate of drug-likeness (QED) is 0.464. The highest BCUT2D eigenvalue weighted by molar-refractivity contribution is 6.07. The predicted molar refractivity (Wildman–Crippen MR) is 123 cm³/mol. The lowest BCUT2D eigenvalue weighted by atomic mass is 9.91. The van der Waals surface area contributed by atoms with Crippen molar-refractivity contribution in [2.75, 3.05) is 12.0 Å². The van der Waals surface area contributed by atoms with Crippen molar-refractivity contribution in [3.8, 4) is 5.75 Å². The fourth-order valence-electron chi connectivity index (χ4n) is 4.40. The number of nitrogens with zero attached hydrogens (tertiary/aromatic N) is 4. The average molecular weight is 425 g/mol.